The molecule has 16 heavy (non-hydrogen) atoms. The predicted octanol–water partition coefficient (Wildman–Crippen LogP) is -0.632. The van der Waals surface area contributed by atoms with E-state index in [1.54, 1.807) is 0 Å². The summed E-state index contributed by atoms with van der Waals surface area (Å²) in [6, 6.07) is 0.00871. The molecule has 2 rings (SSSR count). The summed E-state index contributed by atoms with van der Waals surface area (Å²) in [7, 11) is 1.49. The van der Waals surface area contributed by atoms with E-state index in [2.05, 4.69) is 20.6 Å². The van der Waals surface area contributed by atoms with E-state index in [4.69, 9.17) is 10.5 Å². The first-order valence-electron chi connectivity index (χ1n) is 4.88. The number of aromatic nitrogens is 2. The Labute approximate surface area is 92.4 Å². The van der Waals surface area contributed by atoms with Crippen LogP contribution in [0.15, 0.2) is 6.33 Å². The van der Waals surface area contributed by atoms with E-state index >= 15 is 0 Å². The molecule has 1 aliphatic heterocycles. The van der Waals surface area contributed by atoms with E-state index in [-0.39, 0.29) is 11.9 Å². The zero-order valence-electron chi connectivity index (χ0n) is 8.86. The highest BCUT2D eigenvalue weighted by molar-refractivity contribution is 5.80. The Morgan fingerprint density at radius 2 is 2.44 bits per heavy atom. The van der Waals surface area contributed by atoms with Crippen LogP contribution in [0.5, 0.6) is 5.88 Å². The van der Waals surface area contributed by atoms with Crippen molar-refractivity contribution in [2.75, 3.05) is 24.7 Å². The first-order valence-corrected chi connectivity index (χ1v) is 4.88. The molecule has 1 unspecified atom stereocenters. The molecular formula is C9H13N5O2. The van der Waals surface area contributed by atoms with Gasteiger partial charge in [0, 0.05) is 13.0 Å². The Balaban J connectivity index is 2.12. The van der Waals surface area contributed by atoms with Crippen molar-refractivity contribution in [3.63, 3.8) is 0 Å². The highest BCUT2D eigenvalue weighted by Gasteiger charge is 2.22. The number of hydrogen-bond donors (Lipinski definition) is 3. The molecule has 0 aliphatic carbocycles. The average Bonchev–Trinajstić information content (AvgIpc) is 2.67. The van der Waals surface area contributed by atoms with Gasteiger partial charge >= 0.3 is 0 Å². The molecule has 1 fully saturated rings. The average molecular weight is 223 g/mol. The highest BCUT2D eigenvalue weighted by Crippen LogP contribution is 2.25. The number of methoxy groups -OCH3 is 1. The number of amides is 1. The van der Waals surface area contributed by atoms with Crippen molar-refractivity contribution < 1.29 is 9.53 Å². The van der Waals surface area contributed by atoms with E-state index in [1.807, 2.05) is 0 Å². The van der Waals surface area contributed by atoms with Crippen LogP contribution in [0.25, 0.3) is 0 Å². The molecule has 1 atom stereocenters. The minimum atomic E-state index is 0.00871. The van der Waals surface area contributed by atoms with Crippen LogP contribution in [0.2, 0.25) is 0 Å². The fraction of sp³-hybridized carbons (Fsp3) is 0.444. The minimum Gasteiger partial charge on any atom is -0.479 e. The summed E-state index contributed by atoms with van der Waals surface area (Å²) in [4.78, 5) is 18.9. The van der Waals surface area contributed by atoms with Crippen LogP contribution in [0.4, 0.5) is 11.5 Å². The number of anilines is 2. The van der Waals surface area contributed by atoms with Gasteiger partial charge in [0.15, 0.2) is 5.82 Å². The molecule has 7 heteroatoms. The molecule has 0 spiro atoms. The lowest BCUT2D eigenvalue weighted by atomic mass is 10.2. The molecule has 0 aromatic carbocycles. The first-order chi connectivity index (χ1) is 7.70. The Kier molecular flexibility index (Phi) is 2.76. The molecule has 0 bridgehead atoms. The van der Waals surface area contributed by atoms with Gasteiger partial charge in [0.25, 0.3) is 0 Å². The largest absolute Gasteiger partial charge is 0.479 e. The van der Waals surface area contributed by atoms with E-state index < -0.39 is 0 Å². The van der Waals surface area contributed by atoms with Crippen LogP contribution in [-0.4, -0.2) is 35.6 Å². The van der Waals surface area contributed by atoms with Gasteiger partial charge in [0.2, 0.25) is 11.8 Å². The summed E-state index contributed by atoms with van der Waals surface area (Å²) < 4.78 is 4.97. The van der Waals surface area contributed by atoms with Crippen LogP contribution < -0.4 is 21.1 Å². The molecule has 1 aliphatic rings. The number of nitrogen functional groups attached to an aromatic ring is 1. The SMILES string of the molecule is COc1ncnc(NC2CNC(=O)C2)c1N. The summed E-state index contributed by atoms with van der Waals surface area (Å²) in [5.74, 6) is 0.847. The zero-order valence-corrected chi connectivity index (χ0v) is 8.86. The lowest BCUT2D eigenvalue weighted by molar-refractivity contribution is -0.119. The van der Waals surface area contributed by atoms with E-state index in [0.29, 0.717) is 30.4 Å². The molecule has 86 valence electrons. The smallest absolute Gasteiger partial charge is 0.242 e. The van der Waals surface area contributed by atoms with Crippen LogP contribution in [0, 0.1) is 0 Å². The first kappa shape index (κ1) is 10.5. The lowest BCUT2D eigenvalue weighted by Gasteiger charge is -2.13. The predicted molar refractivity (Wildman–Crippen MR) is 58.0 cm³/mol. The van der Waals surface area contributed by atoms with Crippen LogP contribution in [0.1, 0.15) is 6.42 Å². The number of nitrogens with one attached hydrogen (secondary N) is 2. The summed E-state index contributed by atoms with van der Waals surface area (Å²) >= 11 is 0. The lowest BCUT2D eigenvalue weighted by Crippen LogP contribution is -2.23. The van der Waals surface area contributed by atoms with Crippen LogP contribution >= 0.6 is 0 Å². The van der Waals surface area contributed by atoms with E-state index in [9.17, 15) is 4.79 Å². The standard InChI is InChI=1S/C9H13N5O2/c1-16-9-7(10)8(12-4-13-9)14-5-2-6(15)11-3-5/h4-5H,2-3,10H2,1H3,(H,11,15)(H,12,13,14). The number of nitrogens with two attached hydrogens (primary N) is 1. The second-order valence-electron chi connectivity index (χ2n) is 3.49. The summed E-state index contributed by atoms with van der Waals surface area (Å²) in [6.45, 7) is 0.574. The second-order valence-corrected chi connectivity index (χ2v) is 3.49. The molecule has 1 amide bonds. The van der Waals surface area contributed by atoms with Gasteiger partial charge in [-0.3, -0.25) is 4.79 Å². The van der Waals surface area contributed by atoms with Gasteiger partial charge in [0.1, 0.15) is 12.0 Å². The van der Waals surface area contributed by atoms with E-state index in [0.717, 1.165) is 0 Å². The van der Waals surface area contributed by atoms with Crippen molar-refractivity contribution in [1.29, 1.82) is 0 Å². The molecule has 1 aromatic rings. The van der Waals surface area contributed by atoms with Crippen molar-refractivity contribution in [3.05, 3.63) is 6.33 Å². The molecular weight excluding hydrogens is 210 g/mol. The van der Waals surface area contributed by atoms with Gasteiger partial charge in [-0.25, -0.2) is 4.98 Å². The number of hydrogen-bond acceptors (Lipinski definition) is 6. The maximum Gasteiger partial charge on any atom is 0.242 e. The second kappa shape index (κ2) is 4.21. The number of ether oxygens (including phenoxy) is 1. The van der Waals surface area contributed by atoms with Gasteiger partial charge in [0.05, 0.1) is 13.2 Å². The molecule has 2 heterocycles. The van der Waals surface area contributed by atoms with Crippen LogP contribution in [0.3, 0.4) is 0 Å². The maximum absolute atomic E-state index is 11.0. The summed E-state index contributed by atoms with van der Waals surface area (Å²) in [5, 5.41) is 5.80. The third-order valence-corrected chi connectivity index (χ3v) is 2.36. The van der Waals surface area contributed by atoms with E-state index in [1.165, 1.54) is 13.4 Å². The third-order valence-electron chi connectivity index (χ3n) is 2.36. The maximum atomic E-state index is 11.0. The van der Waals surface area contributed by atoms with Crippen molar-refractivity contribution >= 4 is 17.4 Å². The topological polar surface area (TPSA) is 102 Å². The molecule has 0 saturated carbocycles. The fourth-order valence-electron chi connectivity index (χ4n) is 1.56. The van der Waals surface area contributed by atoms with Gasteiger partial charge in [-0.2, -0.15) is 4.98 Å². The van der Waals surface area contributed by atoms with Gasteiger partial charge in [-0.05, 0) is 0 Å². The number of nitrogens with zero attached hydrogens (tertiary/aromatic N) is 2. The van der Waals surface area contributed by atoms with Crippen molar-refractivity contribution in [1.82, 2.24) is 15.3 Å². The fourth-order valence-corrected chi connectivity index (χ4v) is 1.56. The summed E-state index contributed by atoms with van der Waals surface area (Å²) in [6.07, 6.45) is 1.79. The number of rotatable bonds is 3. The van der Waals surface area contributed by atoms with Gasteiger partial charge in [-0.1, -0.05) is 0 Å². The molecule has 1 aromatic heterocycles. The number of carbonyl (C=O) groups is 1. The Hall–Kier alpha value is -2.05. The van der Waals surface area contributed by atoms with Gasteiger partial charge in [-0.15, -0.1) is 0 Å². The number of carbonyl (C=O) groups excluding carboxylic acids is 1. The highest BCUT2D eigenvalue weighted by atomic mass is 16.5. The molecule has 0 radical (unpaired) electrons. The molecule has 7 nitrogen and oxygen atoms in total. The van der Waals surface area contributed by atoms with Gasteiger partial charge < -0.3 is 21.1 Å². The van der Waals surface area contributed by atoms with Crippen molar-refractivity contribution in [3.8, 4) is 5.88 Å². The quantitative estimate of drug-likeness (QED) is 0.630. The van der Waals surface area contributed by atoms with Crippen molar-refractivity contribution in [2.24, 2.45) is 0 Å². The monoisotopic (exact) mass is 223 g/mol. The Morgan fingerprint density at radius 3 is 3.06 bits per heavy atom. The zero-order chi connectivity index (χ0) is 11.5. The third kappa shape index (κ3) is 1.97. The molecule has 1 saturated heterocycles. The minimum absolute atomic E-state index is 0.00871. The van der Waals surface area contributed by atoms with Crippen molar-refractivity contribution in [2.45, 2.75) is 12.5 Å². The molecule has 4 N–H and O–H groups in total. The summed E-state index contributed by atoms with van der Waals surface area (Å²) in [5.41, 5.74) is 6.14. The normalized spacial score (nSPS) is 19.3. The Morgan fingerprint density at radius 1 is 1.62 bits per heavy atom. The Bertz CT molecular complexity index is 409. The van der Waals surface area contributed by atoms with Crippen LogP contribution in [-0.2, 0) is 4.79 Å².